The van der Waals surface area contributed by atoms with E-state index in [4.69, 9.17) is 0 Å². The fourth-order valence-corrected chi connectivity index (χ4v) is 2.62. The Morgan fingerprint density at radius 2 is 1.80 bits per heavy atom. The molecule has 0 radical (unpaired) electrons. The van der Waals surface area contributed by atoms with E-state index in [1.165, 1.54) is 4.16 Å². The van der Waals surface area contributed by atoms with Crippen LogP contribution in [0.1, 0.15) is 0 Å². The summed E-state index contributed by atoms with van der Waals surface area (Å²) in [6.45, 7) is 3.74. The van der Waals surface area contributed by atoms with Crippen molar-refractivity contribution < 1.29 is 17.1 Å². The zero-order valence-corrected chi connectivity index (χ0v) is 10.5. The fraction of sp³-hybridized carbons (Fsp3) is 0. The van der Waals surface area contributed by atoms with E-state index in [1.54, 1.807) is 0 Å². The van der Waals surface area contributed by atoms with E-state index in [0.29, 0.717) is 0 Å². The number of hydrogen-bond donors (Lipinski definition) is 0. The average molecular weight is 250 g/mol. The van der Waals surface area contributed by atoms with Crippen LogP contribution >= 0.6 is 17.0 Å². The molecule has 0 aliphatic rings. The average Bonchev–Trinajstić information content (AvgIpc) is 1.91. The van der Waals surface area contributed by atoms with Crippen molar-refractivity contribution in [1.82, 2.24) is 0 Å². The second kappa shape index (κ2) is 5.82. The van der Waals surface area contributed by atoms with E-state index in [0.717, 1.165) is 0 Å². The Bertz CT molecular complexity index is 184. The van der Waals surface area contributed by atoms with Crippen LogP contribution in [-0.4, -0.2) is 0 Å². The molecule has 0 aliphatic heterocycles. The van der Waals surface area contributed by atoms with Gasteiger partial charge in [-0.3, -0.25) is 0 Å². The van der Waals surface area contributed by atoms with Gasteiger partial charge in [-0.1, -0.05) is 0 Å². The van der Waals surface area contributed by atoms with E-state index < -0.39 is 17.1 Å². The molecule has 1 aromatic rings. The molecule has 0 saturated carbocycles. The van der Waals surface area contributed by atoms with Gasteiger partial charge in [0.05, 0.1) is 0 Å². The summed E-state index contributed by atoms with van der Waals surface area (Å²) in [5.41, 5.74) is 0. The first-order valence-electron chi connectivity index (χ1n) is 3.08. The van der Waals surface area contributed by atoms with Crippen molar-refractivity contribution in [3.05, 3.63) is 41.6 Å². The number of hydrogen-bond acceptors (Lipinski definition) is 0. The maximum absolute atomic E-state index is 3.74. The van der Waals surface area contributed by atoms with Crippen LogP contribution in [0.3, 0.4) is 0 Å². The quantitative estimate of drug-likeness (QED) is 0.705. The van der Waals surface area contributed by atoms with E-state index in [1.807, 2.05) is 0 Å². The van der Waals surface area contributed by atoms with E-state index >= 15 is 0 Å². The Morgan fingerprint density at radius 1 is 1.20 bits per heavy atom. The summed E-state index contributed by atoms with van der Waals surface area (Å²) < 4.78 is 3.61. The molecule has 1 aromatic carbocycles. The molecule has 2 heteroatoms. The van der Waals surface area contributed by atoms with Gasteiger partial charge in [-0.05, 0) is 0 Å². The predicted octanol–water partition coefficient (Wildman–Crippen LogP) is 2.12. The molecule has 0 saturated heterocycles. The zero-order chi connectivity index (χ0) is 6.53. The Hall–Kier alpha value is 0.0634. The van der Waals surface area contributed by atoms with Gasteiger partial charge in [-0.2, -0.15) is 0 Å². The van der Waals surface area contributed by atoms with Gasteiger partial charge in [0, 0.05) is 0 Å². The number of rotatable bonds is 2. The molecule has 0 heterocycles. The van der Waals surface area contributed by atoms with Crippen molar-refractivity contribution in [1.29, 1.82) is 0 Å². The molecular weight excluding hydrogens is 241 g/mol. The maximum atomic E-state index is 3.74. The Balaban J connectivity index is 0.000000810. The molecule has 0 N–H and O–H groups in total. The summed E-state index contributed by atoms with van der Waals surface area (Å²) in [4.78, 5) is 0. The summed E-state index contributed by atoms with van der Waals surface area (Å²) in [6.07, 6.45) is 0. The molecule has 10 heavy (non-hydrogen) atoms. The third-order valence-electron chi connectivity index (χ3n) is 1.22. The van der Waals surface area contributed by atoms with Crippen molar-refractivity contribution in [2.24, 2.45) is 0 Å². The fourth-order valence-electron chi connectivity index (χ4n) is 0.781. The second-order valence-electron chi connectivity index (χ2n) is 1.98. The second-order valence-corrected chi connectivity index (χ2v) is 5.76. The van der Waals surface area contributed by atoms with Crippen LogP contribution in [0.2, 0.25) is 0 Å². The molecular formula is C8H9BrZn. The summed E-state index contributed by atoms with van der Waals surface area (Å²) in [7, 11) is 0. The normalized spacial score (nSPS) is 7.20. The number of halogens is 1. The van der Waals surface area contributed by atoms with Crippen LogP contribution in [0.15, 0.2) is 41.6 Å². The molecule has 0 amide bonds. The third kappa shape index (κ3) is 3.29. The molecule has 0 aliphatic carbocycles. The van der Waals surface area contributed by atoms with Crippen molar-refractivity contribution in [2.45, 2.75) is 0 Å². The van der Waals surface area contributed by atoms with Crippen LogP contribution in [-0.2, 0) is 17.1 Å². The molecule has 50 valence electrons. The van der Waals surface area contributed by atoms with E-state index in [-0.39, 0.29) is 17.0 Å². The predicted molar refractivity (Wildman–Crippen MR) is 46.6 cm³/mol. The first-order chi connectivity index (χ1) is 4.43. The molecule has 0 unspecified atom stereocenters. The first kappa shape index (κ1) is 10.1. The molecule has 0 atom stereocenters. The van der Waals surface area contributed by atoms with Crippen molar-refractivity contribution in [3.8, 4) is 0 Å². The van der Waals surface area contributed by atoms with Gasteiger partial charge in [0.25, 0.3) is 0 Å². The van der Waals surface area contributed by atoms with Gasteiger partial charge in [-0.25, -0.2) is 0 Å². The van der Waals surface area contributed by atoms with Crippen LogP contribution in [0.5, 0.6) is 0 Å². The van der Waals surface area contributed by atoms with Crippen LogP contribution in [0.4, 0.5) is 0 Å². The minimum atomic E-state index is -0.526. The monoisotopic (exact) mass is 248 g/mol. The molecule has 0 aromatic heterocycles. The zero-order valence-electron chi connectivity index (χ0n) is 5.79. The Kier molecular flexibility index (Phi) is 5.86. The van der Waals surface area contributed by atoms with Gasteiger partial charge >= 0.3 is 62.9 Å². The standard InChI is InChI=1S/C6H5.C2H3.BrH.Zn/c1-2-4-6-5-3-1;1-2;;/h1-5H;1H,2H2;1H;. The number of benzene rings is 1. The Morgan fingerprint density at radius 3 is 2.30 bits per heavy atom. The Labute approximate surface area is 79.7 Å². The van der Waals surface area contributed by atoms with Crippen molar-refractivity contribution in [3.63, 3.8) is 0 Å². The molecule has 0 bridgehead atoms. The van der Waals surface area contributed by atoms with Crippen molar-refractivity contribution >= 4 is 21.1 Å². The topological polar surface area (TPSA) is 0 Å². The molecule has 0 nitrogen and oxygen atoms in total. The molecule has 0 spiro atoms. The van der Waals surface area contributed by atoms with Gasteiger partial charge < -0.3 is 0 Å². The van der Waals surface area contributed by atoms with Gasteiger partial charge in [0.2, 0.25) is 0 Å². The van der Waals surface area contributed by atoms with Gasteiger partial charge in [-0.15, -0.1) is 17.0 Å². The molecule has 0 fully saturated rings. The summed E-state index contributed by atoms with van der Waals surface area (Å²) in [5.74, 6) is 0. The third-order valence-corrected chi connectivity index (χ3v) is 3.81. The summed E-state index contributed by atoms with van der Waals surface area (Å²) in [6, 6.07) is 10.6. The van der Waals surface area contributed by atoms with Crippen LogP contribution < -0.4 is 4.16 Å². The van der Waals surface area contributed by atoms with Gasteiger partial charge in [0.1, 0.15) is 0 Å². The minimum absolute atomic E-state index is 0. The SMILES string of the molecule is Br.C=[CH][Zn][c]1ccccc1. The molecule has 1 rings (SSSR count). The van der Waals surface area contributed by atoms with E-state index in [9.17, 15) is 0 Å². The van der Waals surface area contributed by atoms with Crippen LogP contribution in [0, 0.1) is 0 Å². The van der Waals surface area contributed by atoms with E-state index in [2.05, 4.69) is 41.6 Å². The van der Waals surface area contributed by atoms with Crippen molar-refractivity contribution in [2.75, 3.05) is 0 Å². The van der Waals surface area contributed by atoms with Crippen LogP contribution in [0.25, 0.3) is 0 Å². The summed E-state index contributed by atoms with van der Waals surface area (Å²) in [5, 5.41) is 0. The van der Waals surface area contributed by atoms with Gasteiger partial charge in [0.15, 0.2) is 0 Å². The summed E-state index contributed by atoms with van der Waals surface area (Å²) >= 11 is -0.526. The first-order valence-corrected chi connectivity index (χ1v) is 6.28.